The van der Waals surface area contributed by atoms with Crippen molar-refractivity contribution in [1.29, 1.82) is 0 Å². The summed E-state index contributed by atoms with van der Waals surface area (Å²) in [6.45, 7) is 1.49. The first-order valence-corrected chi connectivity index (χ1v) is 7.79. The summed E-state index contributed by atoms with van der Waals surface area (Å²) in [7, 11) is 3.57. The second kappa shape index (κ2) is 8.35. The molecular formula is C11H17N3S2. The summed E-state index contributed by atoms with van der Waals surface area (Å²) in [5.74, 6) is 1.55. The summed E-state index contributed by atoms with van der Waals surface area (Å²) in [5.41, 5.74) is 6.90. The summed E-state index contributed by atoms with van der Waals surface area (Å²) < 4.78 is 0. The van der Waals surface area contributed by atoms with Crippen molar-refractivity contribution in [2.45, 2.75) is 6.54 Å². The van der Waals surface area contributed by atoms with E-state index in [4.69, 9.17) is 5.73 Å². The van der Waals surface area contributed by atoms with Crippen LogP contribution in [0.3, 0.4) is 0 Å². The molecule has 0 unspecified atom stereocenters. The molecule has 0 spiro atoms. The second-order valence-electron chi connectivity index (χ2n) is 3.10. The molecule has 88 valence electrons. The lowest BCUT2D eigenvalue weighted by Gasteiger charge is -2.04. The van der Waals surface area contributed by atoms with Gasteiger partial charge in [0.15, 0.2) is 5.96 Å². The Hall–Kier alpha value is -0.810. The molecule has 1 aromatic carbocycles. The number of nitrogens with zero attached hydrogens (tertiary/aromatic N) is 1. The molecule has 0 radical (unpaired) electrons. The van der Waals surface area contributed by atoms with Crippen molar-refractivity contribution < 1.29 is 0 Å². The fourth-order valence-electron chi connectivity index (χ4n) is 1.12. The van der Waals surface area contributed by atoms with Crippen molar-refractivity contribution in [3.8, 4) is 0 Å². The molecule has 1 rings (SSSR count). The Bertz CT molecular complexity index is 314. The number of rotatable bonds is 6. The molecule has 0 aliphatic rings. The largest absolute Gasteiger partial charge is 0.370 e. The van der Waals surface area contributed by atoms with Gasteiger partial charge in [0.1, 0.15) is 0 Å². The van der Waals surface area contributed by atoms with Crippen LogP contribution in [-0.2, 0) is 6.54 Å². The van der Waals surface area contributed by atoms with Gasteiger partial charge in [-0.3, -0.25) is 0 Å². The molecule has 0 aliphatic carbocycles. The van der Waals surface area contributed by atoms with Crippen LogP contribution in [-0.4, -0.2) is 24.5 Å². The van der Waals surface area contributed by atoms with Crippen LogP contribution in [0.2, 0.25) is 0 Å². The molecule has 0 amide bonds. The van der Waals surface area contributed by atoms with Crippen LogP contribution < -0.4 is 11.1 Å². The zero-order chi connectivity index (χ0) is 11.6. The molecule has 0 fully saturated rings. The molecule has 0 aromatic heterocycles. The third-order valence-corrected chi connectivity index (χ3v) is 3.70. The van der Waals surface area contributed by atoms with Crippen LogP contribution in [0.4, 0.5) is 0 Å². The topological polar surface area (TPSA) is 50.4 Å². The van der Waals surface area contributed by atoms with Crippen LogP contribution in [0.5, 0.6) is 0 Å². The van der Waals surface area contributed by atoms with Gasteiger partial charge >= 0.3 is 0 Å². The molecule has 16 heavy (non-hydrogen) atoms. The van der Waals surface area contributed by atoms with Gasteiger partial charge in [0.25, 0.3) is 0 Å². The van der Waals surface area contributed by atoms with Crippen LogP contribution in [0.25, 0.3) is 0 Å². The third-order valence-electron chi connectivity index (χ3n) is 1.88. The van der Waals surface area contributed by atoms with Gasteiger partial charge in [0, 0.05) is 12.3 Å². The predicted octanol–water partition coefficient (Wildman–Crippen LogP) is 2.10. The van der Waals surface area contributed by atoms with Gasteiger partial charge in [-0.05, 0) is 11.8 Å². The standard InChI is InChI=1S/C11H17N3S2/c1-15-16-8-7-13-11(12)14-9-10-5-3-2-4-6-10/h2-6H,7-9H2,1H3,(H3,12,13,14). The predicted molar refractivity (Wildman–Crippen MR) is 75.7 cm³/mol. The maximum absolute atomic E-state index is 5.73. The minimum atomic E-state index is 0.519. The molecule has 0 aliphatic heterocycles. The average molecular weight is 255 g/mol. The maximum Gasteiger partial charge on any atom is 0.188 e. The molecule has 3 N–H and O–H groups in total. The molecule has 3 nitrogen and oxygen atoms in total. The number of nitrogens with two attached hydrogens (primary N) is 1. The van der Waals surface area contributed by atoms with Gasteiger partial charge in [-0.25, -0.2) is 4.99 Å². The van der Waals surface area contributed by atoms with E-state index in [2.05, 4.69) is 16.6 Å². The zero-order valence-corrected chi connectivity index (χ0v) is 11.0. The second-order valence-corrected chi connectivity index (χ2v) is 5.79. The highest BCUT2D eigenvalue weighted by Crippen LogP contribution is 2.14. The average Bonchev–Trinajstić information content (AvgIpc) is 2.33. The Morgan fingerprint density at radius 2 is 2.12 bits per heavy atom. The summed E-state index contributed by atoms with van der Waals surface area (Å²) >= 11 is 0. The molecule has 1 aromatic rings. The Balaban J connectivity index is 2.23. The van der Waals surface area contributed by atoms with Gasteiger partial charge in [0.05, 0.1) is 6.54 Å². The number of aliphatic imine (C=N–C) groups is 1. The van der Waals surface area contributed by atoms with E-state index in [0.29, 0.717) is 12.5 Å². The first-order valence-electron chi connectivity index (χ1n) is 5.06. The Kier molecular flexibility index (Phi) is 6.92. The number of benzene rings is 1. The SMILES string of the molecule is CSSCCNC(N)=NCc1ccccc1. The Labute approximate surface area is 105 Å². The number of nitrogens with one attached hydrogen (secondary N) is 1. The number of hydrogen-bond donors (Lipinski definition) is 2. The number of guanidine groups is 1. The van der Waals surface area contributed by atoms with Gasteiger partial charge in [-0.1, -0.05) is 51.9 Å². The number of hydrogen-bond acceptors (Lipinski definition) is 3. The van der Waals surface area contributed by atoms with Crippen LogP contribution in [0.1, 0.15) is 5.56 Å². The quantitative estimate of drug-likeness (QED) is 0.354. The first kappa shape index (κ1) is 13.3. The monoisotopic (exact) mass is 255 g/mol. The summed E-state index contributed by atoms with van der Waals surface area (Å²) in [6.07, 6.45) is 2.07. The molecular weight excluding hydrogens is 238 g/mol. The van der Waals surface area contributed by atoms with E-state index in [0.717, 1.165) is 12.3 Å². The molecule has 0 bridgehead atoms. The van der Waals surface area contributed by atoms with E-state index in [1.807, 2.05) is 41.1 Å². The van der Waals surface area contributed by atoms with Crippen LogP contribution in [0, 0.1) is 0 Å². The Morgan fingerprint density at radius 3 is 2.81 bits per heavy atom. The lowest BCUT2D eigenvalue weighted by Crippen LogP contribution is -2.33. The molecule has 0 saturated heterocycles. The van der Waals surface area contributed by atoms with E-state index >= 15 is 0 Å². The van der Waals surface area contributed by atoms with E-state index in [-0.39, 0.29) is 0 Å². The van der Waals surface area contributed by atoms with Crippen molar-refractivity contribution in [2.75, 3.05) is 18.6 Å². The van der Waals surface area contributed by atoms with Crippen molar-refractivity contribution in [3.05, 3.63) is 35.9 Å². The Morgan fingerprint density at radius 1 is 1.38 bits per heavy atom. The van der Waals surface area contributed by atoms with E-state index in [9.17, 15) is 0 Å². The third kappa shape index (κ3) is 5.92. The molecule has 0 atom stereocenters. The van der Waals surface area contributed by atoms with Crippen LogP contribution >= 0.6 is 21.6 Å². The lowest BCUT2D eigenvalue weighted by atomic mass is 10.2. The fourth-order valence-corrected chi connectivity index (χ4v) is 2.22. The summed E-state index contributed by atoms with van der Waals surface area (Å²) in [4.78, 5) is 4.26. The maximum atomic E-state index is 5.73. The van der Waals surface area contributed by atoms with E-state index < -0.39 is 0 Å². The van der Waals surface area contributed by atoms with Crippen molar-refractivity contribution in [3.63, 3.8) is 0 Å². The fraction of sp³-hybridized carbons (Fsp3) is 0.364. The van der Waals surface area contributed by atoms with E-state index in [1.54, 1.807) is 10.8 Å². The van der Waals surface area contributed by atoms with Gasteiger partial charge < -0.3 is 11.1 Å². The molecule has 0 saturated carbocycles. The highest BCUT2D eigenvalue weighted by molar-refractivity contribution is 8.76. The van der Waals surface area contributed by atoms with Gasteiger partial charge in [-0.15, -0.1) is 0 Å². The highest BCUT2D eigenvalue weighted by Gasteiger charge is 1.92. The van der Waals surface area contributed by atoms with E-state index in [1.165, 1.54) is 5.56 Å². The molecule has 0 heterocycles. The van der Waals surface area contributed by atoms with Crippen molar-refractivity contribution in [1.82, 2.24) is 5.32 Å². The highest BCUT2D eigenvalue weighted by atomic mass is 33.1. The lowest BCUT2D eigenvalue weighted by molar-refractivity contribution is 0.934. The van der Waals surface area contributed by atoms with Crippen molar-refractivity contribution in [2.24, 2.45) is 10.7 Å². The van der Waals surface area contributed by atoms with Gasteiger partial charge in [0.2, 0.25) is 0 Å². The van der Waals surface area contributed by atoms with Gasteiger partial charge in [-0.2, -0.15) is 0 Å². The minimum absolute atomic E-state index is 0.519. The zero-order valence-electron chi connectivity index (χ0n) is 9.35. The molecule has 5 heteroatoms. The van der Waals surface area contributed by atoms with Crippen molar-refractivity contribution >= 4 is 27.5 Å². The first-order chi connectivity index (χ1) is 7.83. The summed E-state index contributed by atoms with van der Waals surface area (Å²) in [5, 5.41) is 3.08. The smallest absolute Gasteiger partial charge is 0.188 e. The minimum Gasteiger partial charge on any atom is -0.370 e. The summed E-state index contributed by atoms with van der Waals surface area (Å²) in [6, 6.07) is 10.1. The normalized spacial score (nSPS) is 11.4. The van der Waals surface area contributed by atoms with Crippen LogP contribution in [0.15, 0.2) is 35.3 Å².